The van der Waals surface area contributed by atoms with E-state index in [2.05, 4.69) is 10.1 Å². The second-order valence-corrected chi connectivity index (χ2v) is 4.91. The Balaban J connectivity index is 1.94. The van der Waals surface area contributed by atoms with Gasteiger partial charge in [0.2, 0.25) is 11.8 Å². The van der Waals surface area contributed by atoms with Crippen LogP contribution in [-0.4, -0.2) is 49.4 Å². The van der Waals surface area contributed by atoms with E-state index in [9.17, 15) is 14.4 Å². The maximum absolute atomic E-state index is 12.0. The number of carbonyl (C=O) groups excluding carboxylic acids is 3. The van der Waals surface area contributed by atoms with Crippen LogP contribution < -0.4 is 5.32 Å². The van der Waals surface area contributed by atoms with Crippen molar-refractivity contribution in [2.45, 2.75) is 19.4 Å². The molecule has 0 aromatic heterocycles. The molecular weight excluding hydrogens is 236 g/mol. The number of piperidine rings is 1. The molecule has 2 amide bonds. The lowest BCUT2D eigenvalue weighted by molar-refractivity contribution is -0.150. The smallest absolute Gasteiger partial charge is 0.310 e. The molecule has 2 rings (SSSR count). The first-order valence-corrected chi connectivity index (χ1v) is 6.13. The highest BCUT2D eigenvalue weighted by molar-refractivity contribution is 6.13. The highest BCUT2D eigenvalue weighted by Gasteiger charge is 2.70. The van der Waals surface area contributed by atoms with Gasteiger partial charge in [-0.15, -0.1) is 0 Å². The molecule has 1 aliphatic carbocycles. The number of nitrogens with one attached hydrogen (secondary N) is 1. The Labute approximate surface area is 106 Å². The summed E-state index contributed by atoms with van der Waals surface area (Å²) in [5.41, 5.74) is 0. The van der Waals surface area contributed by atoms with Gasteiger partial charge < -0.3 is 10.1 Å². The molecule has 1 saturated carbocycles. The zero-order valence-corrected chi connectivity index (χ0v) is 10.8. The SMILES string of the molecule is CNC(C)CCN1C(=O)C2C(C(=O)OC)C2C1=O. The van der Waals surface area contributed by atoms with Crippen LogP contribution in [0.4, 0.5) is 0 Å². The molecule has 3 unspecified atom stereocenters. The molecule has 6 nitrogen and oxygen atoms in total. The third-order valence-electron chi connectivity index (χ3n) is 3.87. The summed E-state index contributed by atoms with van der Waals surface area (Å²) >= 11 is 0. The first kappa shape index (κ1) is 13.0. The van der Waals surface area contributed by atoms with E-state index in [0.29, 0.717) is 6.54 Å². The van der Waals surface area contributed by atoms with Crippen LogP contribution in [0.25, 0.3) is 0 Å². The van der Waals surface area contributed by atoms with Crippen molar-refractivity contribution >= 4 is 17.8 Å². The van der Waals surface area contributed by atoms with Gasteiger partial charge in [-0.1, -0.05) is 0 Å². The predicted molar refractivity (Wildman–Crippen MR) is 62.3 cm³/mol. The first-order chi connectivity index (χ1) is 8.52. The Kier molecular flexibility index (Phi) is 3.38. The summed E-state index contributed by atoms with van der Waals surface area (Å²) in [6.45, 7) is 2.41. The number of esters is 1. The fraction of sp³-hybridized carbons (Fsp3) is 0.750. The van der Waals surface area contributed by atoms with E-state index in [0.717, 1.165) is 6.42 Å². The lowest BCUT2D eigenvalue weighted by atomic mass is 10.2. The minimum Gasteiger partial charge on any atom is -0.469 e. The number of methoxy groups -OCH3 is 1. The van der Waals surface area contributed by atoms with E-state index < -0.39 is 23.7 Å². The van der Waals surface area contributed by atoms with Gasteiger partial charge in [0.1, 0.15) is 0 Å². The highest BCUT2D eigenvalue weighted by Crippen LogP contribution is 2.53. The first-order valence-electron chi connectivity index (χ1n) is 6.13. The van der Waals surface area contributed by atoms with Crippen molar-refractivity contribution in [1.29, 1.82) is 0 Å². The van der Waals surface area contributed by atoms with E-state index in [1.165, 1.54) is 12.0 Å². The average molecular weight is 254 g/mol. The quantitative estimate of drug-likeness (QED) is 0.523. The molecule has 0 aromatic carbocycles. The molecule has 0 radical (unpaired) electrons. The van der Waals surface area contributed by atoms with Crippen molar-refractivity contribution in [3.63, 3.8) is 0 Å². The van der Waals surface area contributed by atoms with Crippen molar-refractivity contribution in [2.24, 2.45) is 17.8 Å². The molecule has 2 fully saturated rings. The Hall–Kier alpha value is -1.43. The molecule has 3 atom stereocenters. The number of fused-ring (bicyclic) bond motifs is 1. The Morgan fingerprint density at radius 2 is 1.94 bits per heavy atom. The number of nitrogens with zero attached hydrogens (tertiary/aromatic N) is 1. The molecule has 0 bridgehead atoms. The Morgan fingerprint density at radius 1 is 1.39 bits per heavy atom. The van der Waals surface area contributed by atoms with Crippen LogP contribution in [0.2, 0.25) is 0 Å². The minimum absolute atomic E-state index is 0.219. The van der Waals surface area contributed by atoms with Gasteiger partial charge in [-0.2, -0.15) is 0 Å². The van der Waals surface area contributed by atoms with E-state index in [-0.39, 0.29) is 17.9 Å². The Bertz CT molecular complexity index is 374. The van der Waals surface area contributed by atoms with Crippen LogP contribution in [0.1, 0.15) is 13.3 Å². The highest BCUT2D eigenvalue weighted by atomic mass is 16.5. The molecule has 100 valence electrons. The van der Waals surface area contributed by atoms with E-state index >= 15 is 0 Å². The fourth-order valence-corrected chi connectivity index (χ4v) is 2.51. The number of carbonyl (C=O) groups is 3. The van der Waals surface area contributed by atoms with Crippen molar-refractivity contribution < 1.29 is 19.1 Å². The predicted octanol–water partition coefficient (Wildman–Crippen LogP) is -0.612. The number of likely N-dealkylation sites (tertiary alicyclic amines) is 1. The summed E-state index contributed by atoms with van der Waals surface area (Å²) in [7, 11) is 3.11. The van der Waals surface area contributed by atoms with Crippen LogP contribution in [0.3, 0.4) is 0 Å². The van der Waals surface area contributed by atoms with Crippen LogP contribution >= 0.6 is 0 Å². The minimum atomic E-state index is -0.534. The number of hydrogen-bond donors (Lipinski definition) is 1. The van der Waals surface area contributed by atoms with E-state index in [1.54, 1.807) is 0 Å². The van der Waals surface area contributed by atoms with Crippen LogP contribution in [0.15, 0.2) is 0 Å². The Morgan fingerprint density at radius 3 is 2.39 bits per heavy atom. The monoisotopic (exact) mass is 254 g/mol. The number of hydrogen-bond acceptors (Lipinski definition) is 5. The molecule has 0 spiro atoms. The molecule has 2 aliphatic rings. The second-order valence-electron chi connectivity index (χ2n) is 4.91. The lowest BCUT2D eigenvalue weighted by Gasteiger charge is -2.19. The standard InChI is InChI=1S/C12H18N2O4/c1-6(13-2)4-5-14-10(15)7-8(11(14)16)9(7)12(17)18-3/h6-9,13H,4-5H2,1-3H3. The number of imide groups is 1. The summed E-state index contributed by atoms with van der Waals surface area (Å²) in [6.07, 6.45) is 0.719. The maximum Gasteiger partial charge on any atom is 0.310 e. The lowest BCUT2D eigenvalue weighted by Crippen LogP contribution is -2.38. The molecule has 1 N–H and O–H groups in total. The molecular formula is C12H18N2O4. The molecule has 1 saturated heterocycles. The summed E-state index contributed by atoms with van der Waals surface area (Å²) in [4.78, 5) is 36.6. The van der Waals surface area contributed by atoms with Gasteiger partial charge in [0.25, 0.3) is 0 Å². The second kappa shape index (κ2) is 4.68. The van der Waals surface area contributed by atoms with Crippen molar-refractivity contribution in [2.75, 3.05) is 20.7 Å². The maximum atomic E-state index is 12.0. The van der Waals surface area contributed by atoms with Crippen molar-refractivity contribution in [3.05, 3.63) is 0 Å². The number of rotatable bonds is 5. The number of amides is 2. The van der Waals surface area contributed by atoms with Gasteiger partial charge in [0.05, 0.1) is 24.9 Å². The molecule has 0 aromatic rings. The molecule has 1 heterocycles. The van der Waals surface area contributed by atoms with Gasteiger partial charge in [-0.3, -0.25) is 19.3 Å². The van der Waals surface area contributed by atoms with Crippen molar-refractivity contribution in [3.8, 4) is 0 Å². The number of ether oxygens (including phenoxy) is 1. The van der Waals surface area contributed by atoms with Gasteiger partial charge in [0, 0.05) is 12.6 Å². The summed E-state index contributed by atoms with van der Waals surface area (Å²) < 4.78 is 4.59. The summed E-state index contributed by atoms with van der Waals surface area (Å²) in [5, 5.41) is 3.05. The zero-order valence-electron chi connectivity index (χ0n) is 10.8. The summed E-state index contributed by atoms with van der Waals surface area (Å²) in [5.74, 6) is -2.35. The van der Waals surface area contributed by atoms with E-state index in [4.69, 9.17) is 0 Å². The van der Waals surface area contributed by atoms with Gasteiger partial charge in [-0.25, -0.2) is 0 Å². The van der Waals surface area contributed by atoms with E-state index in [1.807, 2.05) is 14.0 Å². The third kappa shape index (κ3) is 1.90. The third-order valence-corrected chi connectivity index (χ3v) is 3.87. The molecule has 18 heavy (non-hydrogen) atoms. The topological polar surface area (TPSA) is 75.7 Å². The van der Waals surface area contributed by atoms with Crippen LogP contribution in [0.5, 0.6) is 0 Å². The molecule has 1 aliphatic heterocycles. The van der Waals surface area contributed by atoms with Crippen molar-refractivity contribution in [1.82, 2.24) is 10.2 Å². The average Bonchev–Trinajstić information content (AvgIpc) is 3.06. The normalized spacial score (nSPS) is 31.3. The zero-order chi connectivity index (χ0) is 13.4. The molecule has 6 heteroatoms. The van der Waals surface area contributed by atoms with Gasteiger partial charge >= 0.3 is 5.97 Å². The van der Waals surface area contributed by atoms with Crippen LogP contribution in [0, 0.1) is 17.8 Å². The largest absolute Gasteiger partial charge is 0.469 e. The summed E-state index contributed by atoms with van der Waals surface area (Å²) in [6, 6.07) is 0.249. The van der Waals surface area contributed by atoms with Gasteiger partial charge in [0.15, 0.2) is 0 Å². The fourth-order valence-electron chi connectivity index (χ4n) is 2.51. The van der Waals surface area contributed by atoms with Crippen LogP contribution in [-0.2, 0) is 19.1 Å². The van der Waals surface area contributed by atoms with Gasteiger partial charge in [-0.05, 0) is 20.4 Å².